The molecule has 0 bridgehead atoms. The number of aliphatic hydroxyl groups is 1. The summed E-state index contributed by atoms with van der Waals surface area (Å²) in [6.45, 7) is 5.36. The molecule has 2 saturated heterocycles. The molecule has 1 aliphatic carbocycles. The first-order valence-corrected chi connectivity index (χ1v) is 15.8. The minimum atomic E-state index is -1.96. The van der Waals surface area contributed by atoms with Gasteiger partial charge in [0.05, 0.1) is 13.6 Å². The van der Waals surface area contributed by atoms with Crippen molar-refractivity contribution >= 4 is 41.4 Å². The quantitative estimate of drug-likeness (QED) is 0.473. The first kappa shape index (κ1) is 22.3. The molecule has 3 fully saturated rings. The van der Waals surface area contributed by atoms with Crippen molar-refractivity contribution in [1.29, 1.82) is 0 Å². The van der Waals surface area contributed by atoms with Gasteiger partial charge in [0.2, 0.25) is 6.79 Å². The van der Waals surface area contributed by atoms with Crippen LogP contribution in [0.4, 0.5) is 0 Å². The van der Waals surface area contributed by atoms with Gasteiger partial charge in [-0.3, -0.25) is 4.79 Å². The number of rotatable bonds is 4. The molecule has 2 aromatic rings. The van der Waals surface area contributed by atoms with Crippen molar-refractivity contribution in [3.8, 4) is 11.5 Å². The van der Waals surface area contributed by atoms with Gasteiger partial charge in [-0.1, -0.05) is 64.5 Å². The van der Waals surface area contributed by atoms with Crippen LogP contribution in [-0.2, 0) is 15.2 Å². The van der Waals surface area contributed by atoms with Crippen LogP contribution in [0.5, 0.6) is 11.5 Å². The molecule has 2 unspecified atom stereocenters. The molecule has 1 amide bonds. The van der Waals surface area contributed by atoms with E-state index in [4.69, 9.17) is 9.47 Å². The summed E-state index contributed by atoms with van der Waals surface area (Å²) in [5, 5.41) is 13.7. The van der Waals surface area contributed by atoms with E-state index in [2.05, 4.69) is 53.3 Å². The fourth-order valence-electron chi connectivity index (χ4n) is 7.27. The third-order valence-electron chi connectivity index (χ3n) is 9.16. The molecule has 6 rings (SSSR count). The summed E-state index contributed by atoms with van der Waals surface area (Å²) in [5.41, 5.74) is -1.54. The highest BCUT2D eigenvalue weighted by Crippen LogP contribution is 2.66. The fraction of sp³-hybridized carbons (Fsp3) is 0.462. The number of carbonyl (C=O) groups excluding carboxylic acids is 2. The van der Waals surface area contributed by atoms with Crippen molar-refractivity contribution in [1.82, 2.24) is 4.90 Å². The van der Waals surface area contributed by atoms with Gasteiger partial charge >= 0.3 is 0 Å². The van der Waals surface area contributed by atoms with Gasteiger partial charge < -0.3 is 24.3 Å². The van der Waals surface area contributed by atoms with E-state index in [1.54, 1.807) is 12.1 Å². The predicted molar refractivity (Wildman–Crippen MR) is 133 cm³/mol. The number of hydrogen-bond donors (Lipinski definition) is 1. The van der Waals surface area contributed by atoms with Crippen LogP contribution in [0.2, 0.25) is 18.6 Å². The van der Waals surface area contributed by atoms with Crippen molar-refractivity contribution in [3.63, 3.8) is 0 Å². The Morgan fingerprint density at radius 3 is 2.59 bits per heavy atom. The average Bonchev–Trinajstić information content (AvgIpc) is 3.58. The summed E-state index contributed by atoms with van der Waals surface area (Å²) >= 11 is 3.59. The lowest BCUT2D eigenvalue weighted by atomic mass is 9.71. The summed E-state index contributed by atoms with van der Waals surface area (Å²) in [6, 6.07) is 14.1. The molecule has 5 atom stereocenters. The fourth-order valence-corrected chi connectivity index (χ4v) is 11.1. The van der Waals surface area contributed by atoms with E-state index in [9.17, 15) is 14.7 Å². The van der Waals surface area contributed by atoms with Gasteiger partial charge in [-0.05, 0) is 36.9 Å². The number of benzene rings is 2. The van der Waals surface area contributed by atoms with Crippen LogP contribution in [0.3, 0.4) is 0 Å². The highest BCUT2D eigenvalue weighted by molar-refractivity contribution is 9.10. The second-order valence-electron chi connectivity index (χ2n) is 10.7. The van der Waals surface area contributed by atoms with Gasteiger partial charge in [0.25, 0.3) is 5.91 Å². The summed E-state index contributed by atoms with van der Waals surface area (Å²) < 4.78 is 11.7. The highest BCUT2D eigenvalue weighted by atomic mass is 79.9. The molecule has 8 heteroatoms. The Labute approximate surface area is 208 Å². The summed E-state index contributed by atoms with van der Waals surface area (Å²) in [5.74, 6) is 0.184. The lowest BCUT2D eigenvalue weighted by Crippen LogP contribution is -2.49. The summed E-state index contributed by atoms with van der Waals surface area (Å²) in [6.07, 6.45) is 3.15. The minimum Gasteiger partial charge on any atom is -0.454 e. The highest BCUT2D eigenvalue weighted by Gasteiger charge is 2.75. The van der Waals surface area contributed by atoms with Crippen molar-refractivity contribution in [2.45, 2.75) is 49.0 Å². The number of amides is 1. The van der Waals surface area contributed by atoms with Gasteiger partial charge in [-0.2, -0.15) is 0 Å². The lowest BCUT2D eigenvalue weighted by molar-refractivity contribution is -0.147. The van der Waals surface area contributed by atoms with Crippen LogP contribution in [-0.4, -0.2) is 49.2 Å². The zero-order valence-electron chi connectivity index (χ0n) is 19.3. The number of ether oxygens (including phenoxy) is 2. The predicted octanol–water partition coefficient (Wildman–Crippen LogP) is 3.56. The molecule has 3 aliphatic heterocycles. The maximum absolute atomic E-state index is 13.9. The van der Waals surface area contributed by atoms with Gasteiger partial charge in [-0.25, -0.2) is 0 Å². The molecule has 3 heterocycles. The largest absolute Gasteiger partial charge is 0.454 e. The Balaban J connectivity index is 1.49. The Bertz CT molecular complexity index is 1190. The molecule has 1 spiro atoms. The van der Waals surface area contributed by atoms with E-state index in [1.165, 1.54) is 5.19 Å². The van der Waals surface area contributed by atoms with E-state index in [-0.39, 0.29) is 24.5 Å². The summed E-state index contributed by atoms with van der Waals surface area (Å²) in [4.78, 5) is 28.1. The number of halogens is 1. The van der Waals surface area contributed by atoms with Crippen molar-refractivity contribution in [2.75, 3.05) is 13.3 Å². The molecule has 0 radical (unpaired) electrons. The molecule has 178 valence electrons. The van der Waals surface area contributed by atoms with Gasteiger partial charge in [0.1, 0.15) is 6.29 Å². The average molecular weight is 543 g/mol. The Hall–Kier alpha value is -2.16. The molecule has 4 aliphatic rings. The maximum Gasteiger partial charge on any atom is 0.260 e. The third kappa shape index (κ3) is 2.70. The smallest absolute Gasteiger partial charge is 0.260 e. The van der Waals surface area contributed by atoms with Crippen LogP contribution in [0.15, 0.2) is 46.9 Å². The molecular formula is C26H28BrNO5Si. The normalized spacial score (nSPS) is 33.8. The zero-order valence-corrected chi connectivity index (χ0v) is 21.9. The first-order chi connectivity index (χ1) is 16.2. The maximum atomic E-state index is 13.9. The van der Waals surface area contributed by atoms with Crippen LogP contribution in [0, 0.1) is 11.8 Å². The summed E-state index contributed by atoms with van der Waals surface area (Å²) in [7, 11) is -1.96. The van der Waals surface area contributed by atoms with Crippen molar-refractivity contribution in [3.05, 3.63) is 52.5 Å². The molecule has 1 N–H and O–H groups in total. The Morgan fingerprint density at radius 1 is 1.18 bits per heavy atom. The van der Waals surface area contributed by atoms with Gasteiger partial charge in [0.15, 0.2) is 17.1 Å². The second kappa shape index (κ2) is 7.42. The van der Waals surface area contributed by atoms with Crippen LogP contribution in [0.1, 0.15) is 24.8 Å². The van der Waals surface area contributed by atoms with E-state index in [0.29, 0.717) is 46.5 Å². The van der Waals surface area contributed by atoms with Crippen LogP contribution >= 0.6 is 15.9 Å². The van der Waals surface area contributed by atoms with Crippen molar-refractivity contribution in [2.24, 2.45) is 11.8 Å². The molecule has 0 aromatic heterocycles. The first-order valence-electron chi connectivity index (χ1n) is 11.9. The number of carbonyl (C=O) groups is 2. The van der Waals surface area contributed by atoms with Crippen LogP contribution in [0.25, 0.3) is 0 Å². The molecule has 6 nitrogen and oxygen atoms in total. The number of fused-ring (bicyclic) bond motifs is 1. The van der Waals surface area contributed by atoms with Gasteiger partial charge in [0, 0.05) is 28.4 Å². The Morgan fingerprint density at radius 2 is 1.88 bits per heavy atom. The van der Waals surface area contributed by atoms with E-state index in [1.807, 2.05) is 11.0 Å². The molecule has 34 heavy (non-hydrogen) atoms. The minimum absolute atomic E-state index is 0.114. The molecule has 2 aromatic carbocycles. The van der Waals surface area contributed by atoms with E-state index in [0.717, 1.165) is 12.7 Å². The van der Waals surface area contributed by atoms with E-state index < -0.39 is 19.2 Å². The second-order valence-corrected chi connectivity index (χ2v) is 16.4. The zero-order chi connectivity index (χ0) is 23.9. The topological polar surface area (TPSA) is 76.1 Å². The van der Waals surface area contributed by atoms with Crippen LogP contribution < -0.4 is 14.7 Å². The van der Waals surface area contributed by atoms with Gasteiger partial charge in [-0.15, -0.1) is 0 Å². The Kier molecular flexibility index (Phi) is 4.87. The molecular weight excluding hydrogens is 514 g/mol. The number of aldehydes is 1. The number of nitrogens with zero attached hydrogens (tertiary/aromatic N) is 1. The standard InChI is InChI=1S/C26H28BrNO5Si/c1-34(2,17-6-4-3-5-7-17)18-10-23-25(13-18)16(14-29)8-9-28(25)24(30)26(23,31)19-11-21-22(12-20(19)27)33-15-32-21/h3-7,11-12,14,16,18,23,31H,8-10,13,15H2,1-2H3/t16?,18?,23-,25-,26+/m0/s1. The van der Waals surface area contributed by atoms with E-state index >= 15 is 0 Å². The third-order valence-corrected chi connectivity index (χ3v) is 14.1. The molecule has 1 saturated carbocycles. The van der Waals surface area contributed by atoms with Crippen molar-refractivity contribution < 1.29 is 24.2 Å². The number of hydrogen-bond acceptors (Lipinski definition) is 5. The SMILES string of the molecule is C[Si](C)(c1ccccc1)C1C[C@@H]2[C@](O)(c3cc4c(cc3Br)OCO4)C(=O)N3CCC(C=O)[C@@]23C1. The monoisotopic (exact) mass is 541 g/mol. The lowest BCUT2D eigenvalue weighted by Gasteiger charge is -2.37.